The van der Waals surface area contributed by atoms with E-state index in [1.54, 1.807) is 0 Å². The number of aryl methyl sites for hydroxylation is 1. The molecular weight excluding hydrogens is 246 g/mol. The molecule has 0 fully saturated rings. The van der Waals surface area contributed by atoms with Crippen molar-refractivity contribution >= 4 is 33.7 Å². The van der Waals surface area contributed by atoms with Gasteiger partial charge in [0.2, 0.25) is 0 Å². The number of nitrogens with one attached hydrogen (secondary N) is 2. The van der Waals surface area contributed by atoms with E-state index < -0.39 is 0 Å². The van der Waals surface area contributed by atoms with E-state index >= 15 is 0 Å². The highest BCUT2D eigenvalue weighted by Gasteiger charge is 2.02. The van der Waals surface area contributed by atoms with Gasteiger partial charge in [0.15, 0.2) is 11.4 Å². The van der Waals surface area contributed by atoms with Crippen molar-refractivity contribution in [1.82, 2.24) is 15.3 Å². The van der Waals surface area contributed by atoms with Crippen LogP contribution in [0, 0.1) is 11.5 Å². The van der Waals surface area contributed by atoms with Crippen LogP contribution in [0.2, 0.25) is 0 Å². The lowest BCUT2D eigenvalue weighted by Gasteiger charge is -1.99. The quantitative estimate of drug-likeness (QED) is 0.376. The van der Waals surface area contributed by atoms with Crippen molar-refractivity contribution in [3.8, 4) is 6.19 Å². The van der Waals surface area contributed by atoms with E-state index in [9.17, 15) is 0 Å². The number of aliphatic imine (C=N–C) groups is 1. The number of nitriles is 1. The third kappa shape index (κ3) is 2.63. The summed E-state index contributed by atoms with van der Waals surface area (Å²) < 4.78 is 0. The standard InChI is InChI=1S/C12H13N5S/c1-3-11-16-9-5-4-8(6-10(9)17-11)15-12(18-2)14-7-13/h4-6H,3H2,1-2H3,(H,14,15)(H,16,17). The van der Waals surface area contributed by atoms with Crippen molar-refractivity contribution in [2.45, 2.75) is 13.3 Å². The molecule has 0 aliphatic heterocycles. The molecule has 0 aliphatic carbocycles. The number of hydrogen-bond donors (Lipinski definition) is 2. The highest BCUT2D eigenvalue weighted by molar-refractivity contribution is 8.13. The SMILES string of the molecule is CCc1nc2ccc(N=C(NC#N)SC)cc2[nH]1. The molecule has 0 spiro atoms. The lowest BCUT2D eigenvalue weighted by atomic mass is 10.3. The zero-order valence-corrected chi connectivity index (χ0v) is 11.0. The molecule has 1 aromatic carbocycles. The Morgan fingerprint density at radius 2 is 2.44 bits per heavy atom. The van der Waals surface area contributed by atoms with Crippen molar-refractivity contribution in [3.63, 3.8) is 0 Å². The van der Waals surface area contributed by atoms with Crippen molar-refractivity contribution in [2.75, 3.05) is 6.26 Å². The molecule has 2 N–H and O–H groups in total. The van der Waals surface area contributed by atoms with Crippen molar-refractivity contribution in [3.05, 3.63) is 24.0 Å². The molecule has 0 saturated heterocycles. The van der Waals surface area contributed by atoms with Crippen LogP contribution in [0.3, 0.4) is 0 Å². The Bertz CT molecular complexity index is 623. The maximum Gasteiger partial charge on any atom is 0.183 e. The summed E-state index contributed by atoms with van der Waals surface area (Å²) >= 11 is 1.39. The molecule has 18 heavy (non-hydrogen) atoms. The van der Waals surface area contributed by atoms with Gasteiger partial charge in [0.05, 0.1) is 16.7 Å². The lowest BCUT2D eigenvalue weighted by Crippen LogP contribution is -2.12. The molecule has 0 bridgehead atoms. The maximum atomic E-state index is 8.58. The summed E-state index contributed by atoms with van der Waals surface area (Å²) in [7, 11) is 0. The smallest absolute Gasteiger partial charge is 0.183 e. The summed E-state index contributed by atoms with van der Waals surface area (Å²) in [6, 6.07) is 5.74. The van der Waals surface area contributed by atoms with Gasteiger partial charge in [-0.2, -0.15) is 5.26 Å². The fourth-order valence-electron chi connectivity index (χ4n) is 1.58. The van der Waals surface area contributed by atoms with Gasteiger partial charge in [0.25, 0.3) is 0 Å². The van der Waals surface area contributed by atoms with Crippen LogP contribution < -0.4 is 5.32 Å². The van der Waals surface area contributed by atoms with Gasteiger partial charge in [-0.15, -0.1) is 0 Å². The minimum absolute atomic E-state index is 0.576. The highest BCUT2D eigenvalue weighted by Crippen LogP contribution is 2.20. The highest BCUT2D eigenvalue weighted by atomic mass is 32.2. The van der Waals surface area contributed by atoms with Crippen molar-refractivity contribution in [1.29, 1.82) is 5.26 Å². The first kappa shape index (κ1) is 12.5. The van der Waals surface area contributed by atoms with Crippen LogP contribution in [0.1, 0.15) is 12.7 Å². The zero-order chi connectivity index (χ0) is 13.0. The molecule has 0 unspecified atom stereocenters. The van der Waals surface area contributed by atoms with Gasteiger partial charge < -0.3 is 4.98 Å². The molecule has 0 amide bonds. The third-order valence-corrected chi connectivity index (χ3v) is 3.02. The van der Waals surface area contributed by atoms with E-state index in [4.69, 9.17) is 5.26 Å². The van der Waals surface area contributed by atoms with Gasteiger partial charge in [0.1, 0.15) is 5.82 Å². The number of H-pyrrole nitrogens is 1. The fourth-order valence-corrected chi connectivity index (χ4v) is 1.92. The van der Waals surface area contributed by atoms with Crippen LogP contribution in [0.4, 0.5) is 5.69 Å². The van der Waals surface area contributed by atoms with Gasteiger partial charge in [-0.25, -0.2) is 9.98 Å². The first-order valence-corrected chi connectivity index (χ1v) is 6.75. The summed E-state index contributed by atoms with van der Waals surface area (Å²) in [6.45, 7) is 2.06. The molecule has 0 saturated carbocycles. The van der Waals surface area contributed by atoms with Crippen LogP contribution in [-0.4, -0.2) is 21.4 Å². The first-order valence-electron chi connectivity index (χ1n) is 5.53. The minimum Gasteiger partial charge on any atom is -0.342 e. The summed E-state index contributed by atoms with van der Waals surface area (Å²) in [5, 5.41) is 11.7. The molecule has 5 nitrogen and oxygen atoms in total. The normalized spacial score (nSPS) is 11.5. The molecule has 0 atom stereocenters. The van der Waals surface area contributed by atoms with Crippen LogP contribution in [0.15, 0.2) is 23.2 Å². The van der Waals surface area contributed by atoms with Crippen molar-refractivity contribution in [2.24, 2.45) is 4.99 Å². The van der Waals surface area contributed by atoms with Gasteiger partial charge in [-0.3, -0.25) is 5.32 Å². The Balaban J connectivity index is 2.37. The number of rotatable bonds is 2. The number of imidazole rings is 1. The van der Waals surface area contributed by atoms with E-state index in [0.717, 1.165) is 29.0 Å². The fraction of sp³-hybridized carbons (Fsp3) is 0.250. The summed E-state index contributed by atoms with van der Waals surface area (Å²) in [5.74, 6) is 0.964. The van der Waals surface area contributed by atoms with Crippen LogP contribution in [0.25, 0.3) is 11.0 Å². The van der Waals surface area contributed by atoms with Crippen LogP contribution in [0.5, 0.6) is 0 Å². The third-order valence-electron chi connectivity index (χ3n) is 2.44. The number of amidine groups is 1. The Morgan fingerprint density at radius 1 is 1.61 bits per heavy atom. The Hall–Kier alpha value is -2.00. The number of aromatic amines is 1. The predicted molar refractivity (Wildman–Crippen MR) is 74.8 cm³/mol. The van der Waals surface area contributed by atoms with Gasteiger partial charge in [0, 0.05) is 6.42 Å². The molecule has 92 valence electrons. The first-order chi connectivity index (χ1) is 8.76. The van der Waals surface area contributed by atoms with E-state index in [-0.39, 0.29) is 0 Å². The largest absolute Gasteiger partial charge is 0.342 e. The summed E-state index contributed by atoms with van der Waals surface area (Å²) in [4.78, 5) is 12.0. The van der Waals surface area contributed by atoms with E-state index in [1.807, 2.05) is 30.6 Å². The number of nitrogens with zero attached hydrogens (tertiary/aromatic N) is 3. The number of hydrogen-bond acceptors (Lipinski definition) is 4. The van der Waals surface area contributed by atoms with E-state index in [1.165, 1.54) is 11.8 Å². The molecule has 0 radical (unpaired) electrons. The maximum absolute atomic E-state index is 8.58. The van der Waals surface area contributed by atoms with Gasteiger partial charge in [-0.1, -0.05) is 18.7 Å². The summed E-state index contributed by atoms with van der Waals surface area (Å²) in [6.07, 6.45) is 4.61. The van der Waals surface area contributed by atoms with Gasteiger partial charge >= 0.3 is 0 Å². The van der Waals surface area contributed by atoms with Gasteiger partial charge in [-0.05, 0) is 24.5 Å². The number of fused-ring (bicyclic) bond motifs is 1. The Kier molecular flexibility index (Phi) is 3.85. The average molecular weight is 259 g/mol. The number of benzene rings is 1. The second-order valence-corrected chi connectivity index (χ2v) is 4.39. The average Bonchev–Trinajstić information content (AvgIpc) is 2.80. The lowest BCUT2D eigenvalue weighted by molar-refractivity contribution is 1.00. The van der Waals surface area contributed by atoms with Crippen molar-refractivity contribution < 1.29 is 0 Å². The van der Waals surface area contributed by atoms with Crippen LogP contribution >= 0.6 is 11.8 Å². The predicted octanol–water partition coefficient (Wildman–Crippen LogP) is 2.55. The second kappa shape index (κ2) is 5.56. The number of aromatic nitrogens is 2. The molecule has 2 rings (SSSR count). The monoisotopic (exact) mass is 259 g/mol. The molecule has 1 aromatic heterocycles. The Labute approximate surface area is 109 Å². The molecule has 6 heteroatoms. The second-order valence-electron chi connectivity index (χ2n) is 3.60. The topological polar surface area (TPSA) is 76.9 Å². The Morgan fingerprint density at radius 3 is 3.11 bits per heavy atom. The molecule has 0 aliphatic rings. The zero-order valence-electron chi connectivity index (χ0n) is 10.2. The van der Waals surface area contributed by atoms with E-state index in [2.05, 4.69) is 27.2 Å². The van der Waals surface area contributed by atoms with E-state index in [0.29, 0.717) is 5.17 Å². The molecule has 1 heterocycles. The van der Waals surface area contributed by atoms with Crippen LogP contribution in [-0.2, 0) is 6.42 Å². The number of thioether (sulfide) groups is 1. The molecular formula is C12H13N5S. The summed E-state index contributed by atoms with van der Waals surface area (Å²) in [5.41, 5.74) is 2.69. The molecule has 2 aromatic rings. The minimum atomic E-state index is 0.576.